The van der Waals surface area contributed by atoms with Crippen molar-refractivity contribution in [3.63, 3.8) is 0 Å². The van der Waals surface area contributed by atoms with Crippen molar-refractivity contribution in [2.75, 3.05) is 0 Å². The number of rotatable bonds is 1. The zero-order valence-electron chi connectivity index (χ0n) is 9.62. The van der Waals surface area contributed by atoms with E-state index in [0.29, 0.717) is 11.3 Å². The summed E-state index contributed by atoms with van der Waals surface area (Å²) < 4.78 is 1.79. The number of carbonyl (C=O) groups excluding carboxylic acids is 2. The lowest BCUT2D eigenvalue weighted by molar-refractivity contribution is 0.0993. The number of aryl methyl sites for hydroxylation is 1. The predicted octanol–water partition coefficient (Wildman–Crippen LogP) is 1.28. The van der Waals surface area contributed by atoms with Gasteiger partial charge in [0.25, 0.3) is 0 Å². The Hall–Kier alpha value is -2.56. The molecule has 0 aliphatic heterocycles. The largest absolute Gasteiger partial charge is 0.350 e. The van der Waals surface area contributed by atoms with E-state index in [1.165, 1.54) is 18.5 Å². The van der Waals surface area contributed by atoms with Gasteiger partial charge in [0.15, 0.2) is 0 Å². The van der Waals surface area contributed by atoms with Gasteiger partial charge < -0.3 is 4.57 Å². The van der Waals surface area contributed by atoms with E-state index in [0.717, 1.165) is 0 Å². The zero-order valence-corrected chi connectivity index (χ0v) is 9.62. The molecule has 0 radical (unpaired) electrons. The van der Waals surface area contributed by atoms with Crippen LogP contribution in [0.3, 0.4) is 0 Å². The fraction of sp³-hybridized carbons (Fsp3) is 0.0769. The van der Waals surface area contributed by atoms with E-state index in [4.69, 9.17) is 0 Å². The van der Waals surface area contributed by atoms with Gasteiger partial charge in [-0.3, -0.25) is 9.59 Å². The lowest BCUT2D eigenvalue weighted by Crippen LogP contribution is -2.20. The molecule has 1 aliphatic rings. The Labute approximate surface area is 103 Å². The van der Waals surface area contributed by atoms with Crippen LogP contribution >= 0.6 is 0 Å². The maximum atomic E-state index is 12.3. The van der Waals surface area contributed by atoms with Crippen LogP contribution in [-0.2, 0) is 7.05 Å². The van der Waals surface area contributed by atoms with Crippen LogP contribution in [0.2, 0.25) is 0 Å². The summed E-state index contributed by atoms with van der Waals surface area (Å²) in [4.78, 5) is 32.0. The van der Waals surface area contributed by atoms with E-state index < -0.39 is 0 Å². The fourth-order valence-electron chi connectivity index (χ4n) is 2.01. The molecule has 88 valence electrons. The van der Waals surface area contributed by atoms with Gasteiger partial charge in [-0.05, 0) is 12.1 Å². The van der Waals surface area contributed by atoms with Gasteiger partial charge in [-0.25, -0.2) is 9.97 Å². The van der Waals surface area contributed by atoms with Crippen LogP contribution < -0.4 is 0 Å². The molecule has 0 spiro atoms. The fourth-order valence-corrected chi connectivity index (χ4v) is 2.01. The minimum atomic E-state index is -0.283. The van der Waals surface area contributed by atoms with Crippen molar-refractivity contribution < 1.29 is 9.59 Å². The van der Waals surface area contributed by atoms with Crippen molar-refractivity contribution >= 4 is 17.1 Å². The molecule has 5 nitrogen and oxygen atoms in total. The Kier molecular flexibility index (Phi) is 2.19. The molecule has 0 saturated carbocycles. The molecule has 0 aromatic carbocycles. The highest BCUT2D eigenvalue weighted by atomic mass is 16.1. The maximum absolute atomic E-state index is 12.3. The third-order valence-corrected chi connectivity index (χ3v) is 2.89. The highest BCUT2D eigenvalue weighted by molar-refractivity contribution is 6.37. The molecule has 1 aliphatic carbocycles. The van der Waals surface area contributed by atoms with Crippen LogP contribution in [0.25, 0.3) is 5.57 Å². The van der Waals surface area contributed by atoms with Gasteiger partial charge in [-0.15, -0.1) is 0 Å². The third kappa shape index (κ3) is 1.41. The molecule has 2 aromatic rings. The van der Waals surface area contributed by atoms with Gasteiger partial charge >= 0.3 is 0 Å². The maximum Gasteiger partial charge on any atom is 0.215 e. The summed E-state index contributed by atoms with van der Waals surface area (Å²) in [6, 6.07) is 3.61. The van der Waals surface area contributed by atoms with E-state index in [9.17, 15) is 9.59 Å². The zero-order chi connectivity index (χ0) is 12.7. The average Bonchev–Trinajstić information content (AvgIpc) is 2.80. The Morgan fingerprint density at radius 1 is 1.11 bits per heavy atom. The molecule has 3 rings (SSSR count). The van der Waals surface area contributed by atoms with Crippen LogP contribution in [0.4, 0.5) is 0 Å². The number of hydrogen-bond donors (Lipinski definition) is 0. The van der Waals surface area contributed by atoms with Crippen molar-refractivity contribution in [1.82, 2.24) is 14.5 Å². The summed E-state index contributed by atoms with van der Waals surface area (Å²) >= 11 is 0. The summed E-state index contributed by atoms with van der Waals surface area (Å²) in [6.45, 7) is 0. The Morgan fingerprint density at radius 2 is 1.83 bits per heavy atom. The van der Waals surface area contributed by atoms with Crippen LogP contribution in [0.5, 0.6) is 0 Å². The number of fused-ring (bicyclic) bond motifs is 1. The second kappa shape index (κ2) is 3.73. The molecule has 2 aromatic heterocycles. The number of nitrogens with zero attached hydrogens (tertiary/aromatic N) is 3. The quantitative estimate of drug-likeness (QED) is 0.751. The first kappa shape index (κ1) is 10.6. The molecule has 0 atom stereocenters. The lowest BCUT2D eigenvalue weighted by Gasteiger charge is -2.13. The minimum absolute atomic E-state index is 0.125. The molecular formula is C13H9N3O2. The lowest BCUT2D eigenvalue weighted by atomic mass is 9.95. The Morgan fingerprint density at radius 3 is 2.50 bits per heavy atom. The Balaban J connectivity index is 2.19. The summed E-state index contributed by atoms with van der Waals surface area (Å²) in [5.41, 5.74) is 1.31. The molecule has 0 fully saturated rings. The van der Waals surface area contributed by atoms with E-state index in [2.05, 4.69) is 9.97 Å². The normalized spacial score (nSPS) is 14.4. The van der Waals surface area contributed by atoms with Crippen molar-refractivity contribution in [3.8, 4) is 0 Å². The highest BCUT2D eigenvalue weighted by Crippen LogP contribution is 2.25. The van der Waals surface area contributed by atoms with E-state index >= 15 is 0 Å². The SMILES string of the molecule is Cn1cccc1C1=CC(=O)c2nccnc2C1=O. The molecule has 0 unspecified atom stereocenters. The highest BCUT2D eigenvalue weighted by Gasteiger charge is 2.29. The van der Waals surface area contributed by atoms with E-state index in [1.54, 1.807) is 10.6 Å². The van der Waals surface area contributed by atoms with Gasteiger partial charge in [0, 0.05) is 31.7 Å². The first-order valence-electron chi connectivity index (χ1n) is 5.42. The molecule has 18 heavy (non-hydrogen) atoms. The predicted molar refractivity (Wildman–Crippen MR) is 64.1 cm³/mol. The van der Waals surface area contributed by atoms with Crippen molar-refractivity contribution in [1.29, 1.82) is 0 Å². The van der Waals surface area contributed by atoms with Gasteiger partial charge in [0.05, 0.1) is 11.3 Å². The molecule has 0 saturated heterocycles. The number of allylic oxidation sites excluding steroid dienone is 2. The summed E-state index contributed by atoms with van der Waals surface area (Å²) in [6.07, 6.45) is 5.97. The second-order valence-corrected chi connectivity index (χ2v) is 4.01. The second-order valence-electron chi connectivity index (χ2n) is 4.01. The van der Waals surface area contributed by atoms with Crippen molar-refractivity contribution in [3.05, 3.63) is 53.9 Å². The van der Waals surface area contributed by atoms with Crippen LogP contribution in [0.1, 0.15) is 26.7 Å². The summed E-state index contributed by atoms with van der Waals surface area (Å²) in [7, 11) is 1.82. The van der Waals surface area contributed by atoms with Gasteiger partial charge in [0.2, 0.25) is 11.6 Å². The summed E-state index contributed by atoms with van der Waals surface area (Å²) in [5.74, 6) is -0.548. The monoisotopic (exact) mass is 239 g/mol. The minimum Gasteiger partial charge on any atom is -0.350 e. The van der Waals surface area contributed by atoms with Gasteiger partial charge in [-0.1, -0.05) is 0 Å². The molecule has 0 N–H and O–H groups in total. The van der Waals surface area contributed by atoms with Crippen molar-refractivity contribution in [2.24, 2.45) is 7.05 Å². The van der Waals surface area contributed by atoms with Crippen LogP contribution in [-0.4, -0.2) is 26.1 Å². The van der Waals surface area contributed by atoms with E-state index in [1.807, 2.05) is 19.3 Å². The molecule has 0 bridgehead atoms. The van der Waals surface area contributed by atoms with Crippen LogP contribution in [0.15, 0.2) is 36.8 Å². The van der Waals surface area contributed by atoms with Crippen LogP contribution in [0, 0.1) is 0 Å². The standard InChI is InChI=1S/C13H9N3O2/c1-16-6-2-3-9(16)8-7-10(17)11-12(13(8)18)15-5-4-14-11/h2-7H,1H3. The molecular weight excluding hydrogens is 230 g/mol. The molecule has 2 heterocycles. The van der Waals surface area contributed by atoms with Gasteiger partial charge in [-0.2, -0.15) is 0 Å². The number of carbonyl (C=O) groups is 2. The Bertz CT molecular complexity index is 698. The summed E-state index contributed by atoms with van der Waals surface area (Å²) in [5, 5.41) is 0. The van der Waals surface area contributed by atoms with Crippen molar-refractivity contribution in [2.45, 2.75) is 0 Å². The third-order valence-electron chi connectivity index (χ3n) is 2.89. The van der Waals surface area contributed by atoms with Gasteiger partial charge in [0.1, 0.15) is 11.4 Å². The first-order valence-corrected chi connectivity index (χ1v) is 5.42. The number of hydrogen-bond acceptors (Lipinski definition) is 4. The smallest absolute Gasteiger partial charge is 0.215 e. The first-order chi connectivity index (χ1) is 8.68. The number of ketones is 2. The molecule has 5 heteroatoms. The number of aromatic nitrogens is 3. The average molecular weight is 239 g/mol. The van der Waals surface area contributed by atoms with E-state index in [-0.39, 0.29) is 23.0 Å². The molecule has 0 amide bonds. The number of Topliss-reactive ketones (excluding diaryl/α,β-unsaturated/α-hetero) is 1. The topological polar surface area (TPSA) is 64.8 Å².